The maximum Gasteiger partial charge on any atom is 0.0626 e. The van der Waals surface area contributed by atoms with Crippen molar-refractivity contribution in [2.45, 2.75) is 19.5 Å². The molecule has 2 aromatic carbocycles. The first-order chi connectivity index (χ1) is 9.20. The lowest BCUT2D eigenvalue weighted by atomic mass is 10.1. The van der Waals surface area contributed by atoms with E-state index in [9.17, 15) is 5.11 Å². The highest BCUT2D eigenvalue weighted by Gasteiger charge is 2.09. The minimum absolute atomic E-state index is 0.0230. The Labute approximate surface area is 122 Å². The normalized spacial score (nSPS) is 12.4. The van der Waals surface area contributed by atoms with Crippen LogP contribution in [0.2, 0.25) is 0 Å². The van der Waals surface area contributed by atoms with E-state index < -0.39 is 0 Å². The number of halogens is 1. The maximum atomic E-state index is 9.49. The van der Waals surface area contributed by atoms with E-state index in [1.165, 1.54) is 11.1 Å². The number of rotatable bonds is 5. The summed E-state index contributed by atoms with van der Waals surface area (Å²) in [5.41, 5.74) is 3.55. The van der Waals surface area contributed by atoms with Crippen molar-refractivity contribution in [1.82, 2.24) is 5.32 Å². The molecule has 0 spiro atoms. The van der Waals surface area contributed by atoms with Gasteiger partial charge in [0.15, 0.2) is 0 Å². The standard InChI is InChI=1S/C16H18BrNO/c1-12-9-13(7-8-15(12)17)10-18-16(11-19)14-5-3-2-4-6-14/h2-9,16,18-19H,10-11H2,1H3. The summed E-state index contributed by atoms with van der Waals surface area (Å²) in [4.78, 5) is 0. The number of nitrogens with one attached hydrogen (secondary N) is 1. The second kappa shape index (κ2) is 6.85. The zero-order valence-corrected chi connectivity index (χ0v) is 12.5. The first-order valence-electron chi connectivity index (χ1n) is 6.35. The molecule has 0 aliphatic heterocycles. The van der Waals surface area contributed by atoms with Crippen LogP contribution in [0.1, 0.15) is 22.7 Å². The van der Waals surface area contributed by atoms with Gasteiger partial charge in [-0.05, 0) is 29.7 Å². The van der Waals surface area contributed by atoms with E-state index in [1.807, 2.05) is 30.3 Å². The molecule has 2 rings (SSSR count). The quantitative estimate of drug-likeness (QED) is 0.882. The molecule has 2 nitrogen and oxygen atoms in total. The Kier molecular flexibility index (Phi) is 5.14. The molecule has 0 saturated heterocycles. The van der Waals surface area contributed by atoms with Crippen molar-refractivity contribution in [2.75, 3.05) is 6.61 Å². The molecule has 0 aromatic heterocycles. The van der Waals surface area contributed by atoms with Crippen molar-refractivity contribution >= 4 is 15.9 Å². The van der Waals surface area contributed by atoms with Crippen molar-refractivity contribution in [3.63, 3.8) is 0 Å². The lowest BCUT2D eigenvalue weighted by Crippen LogP contribution is -2.23. The fourth-order valence-corrected chi connectivity index (χ4v) is 2.28. The molecule has 0 bridgehead atoms. The molecule has 1 atom stereocenters. The molecule has 0 aliphatic carbocycles. The maximum absolute atomic E-state index is 9.49. The van der Waals surface area contributed by atoms with Crippen LogP contribution in [0, 0.1) is 6.92 Å². The van der Waals surface area contributed by atoms with Crippen LogP contribution >= 0.6 is 15.9 Å². The average molecular weight is 320 g/mol. The Hall–Kier alpha value is -1.16. The Morgan fingerprint density at radius 2 is 1.89 bits per heavy atom. The van der Waals surface area contributed by atoms with Crippen LogP contribution < -0.4 is 5.32 Å². The topological polar surface area (TPSA) is 32.3 Å². The lowest BCUT2D eigenvalue weighted by molar-refractivity contribution is 0.243. The summed E-state index contributed by atoms with van der Waals surface area (Å²) in [6.45, 7) is 2.92. The summed E-state index contributed by atoms with van der Waals surface area (Å²) in [5.74, 6) is 0. The summed E-state index contributed by atoms with van der Waals surface area (Å²) >= 11 is 3.50. The molecule has 0 amide bonds. The van der Waals surface area contributed by atoms with E-state index in [0.29, 0.717) is 0 Å². The Balaban J connectivity index is 2.02. The van der Waals surface area contributed by atoms with Gasteiger partial charge in [0.25, 0.3) is 0 Å². The molecule has 2 aromatic rings. The van der Waals surface area contributed by atoms with Gasteiger partial charge < -0.3 is 10.4 Å². The molecular weight excluding hydrogens is 302 g/mol. The molecule has 2 N–H and O–H groups in total. The predicted molar refractivity (Wildman–Crippen MR) is 82.0 cm³/mol. The van der Waals surface area contributed by atoms with E-state index in [1.54, 1.807) is 0 Å². The summed E-state index contributed by atoms with van der Waals surface area (Å²) in [5, 5.41) is 12.9. The highest BCUT2D eigenvalue weighted by Crippen LogP contribution is 2.18. The van der Waals surface area contributed by atoms with Crippen LogP contribution in [0.4, 0.5) is 0 Å². The molecule has 3 heteroatoms. The zero-order valence-electron chi connectivity index (χ0n) is 10.9. The summed E-state index contributed by atoms with van der Waals surface area (Å²) in [6, 6.07) is 16.3. The Morgan fingerprint density at radius 1 is 1.16 bits per heavy atom. The third-order valence-electron chi connectivity index (χ3n) is 3.16. The van der Waals surface area contributed by atoms with Crippen molar-refractivity contribution in [3.8, 4) is 0 Å². The van der Waals surface area contributed by atoms with Gasteiger partial charge in [-0.2, -0.15) is 0 Å². The minimum Gasteiger partial charge on any atom is -0.394 e. The molecule has 0 heterocycles. The second-order valence-electron chi connectivity index (χ2n) is 4.61. The average Bonchev–Trinajstić information content (AvgIpc) is 2.44. The fourth-order valence-electron chi connectivity index (χ4n) is 2.03. The first kappa shape index (κ1) is 14.3. The highest BCUT2D eigenvalue weighted by atomic mass is 79.9. The van der Waals surface area contributed by atoms with Gasteiger partial charge in [-0.15, -0.1) is 0 Å². The second-order valence-corrected chi connectivity index (χ2v) is 5.46. The van der Waals surface area contributed by atoms with Gasteiger partial charge in [-0.1, -0.05) is 58.4 Å². The van der Waals surface area contributed by atoms with Crippen LogP contribution in [-0.4, -0.2) is 11.7 Å². The van der Waals surface area contributed by atoms with Gasteiger partial charge in [0, 0.05) is 11.0 Å². The summed E-state index contributed by atoms with van der Waals surface area (Å²) in [6.07, 6.45) is 0. The molecular formula is C16H18BrNO. The molecule has 0 radical (unpaired) electrons. The molecule has 0 saturated carbocycles. The smallest absolute Gasteiger partial charge is 0.0626 e. The number of hydrogen-bond donors (Lipinski definition) is 2. The predicted octanol–water partition coefficient (Wildman–Crippen LogP) is 3.58. The fraction of sp³-hybridized carbons (Fsp3) is 0.250. The third kappa shape index (κ3) is 3.90. The summed E-state index contributed by atoms with van der Waals surface area (Å²) < 4.78 is 1.12. The highest BCUT2D eigenvalue weighted by molar-refractivity contribution is 9.10. The van der Waals surface area contributed by atoms with E-state index in [4.69, 9.17) is 0 Å². The van der Waals surface area contributed by atoms with Crippen LogP contribution in [0.5, 0.6) is 0 Å². The van der Waals surface area contributed by atoms with Crippen LogP contribution in [0.3, 0.4) is 0 Å². The molecule has 1 unspecified atom stereocenters. The van der Waals surface area contributed by atoms with Gasteiger partial charge >= 0.3 is 0 Å². The number of benzene rings is 2. The number of aliphatic hydroxyl groups is 1. The van der Waals surface area contributed by atoms with Crippen molar-refractivity contribution in [3.05, 3.63) is 69.7 Å². The van der Waals surface area contributed by atoms with Gasteiger partial charge in [-0.3, -0.25) is 0 Å². The van der Waals surface area contributed by atoms with Gasteiger partial charge in [0.1, 0.15) is 0 Å². The third-order valence-corrected chi connectivity index (χ3v) is 4.05. The Morgan fingerprint density at radius 3 is 2.53 bits per heavy atom. The molecule has 0 fully saturated rings. The monoisotopic (exact) mass is 319 g/mol. The van der Waals surface area contributed by atoms with Crippen LogP contribution in [-0.2, 0) is 6.54 Å². The van der Waals surface area contributed by atoms with Gasteiger partial charge in [-0.25, -0.2) is 0 Å². The number of aliphatic hydroxyl groups excluding tert-OH is 1. The number of hydrogen-bond acceptors (Lipinski definition) is 2. The van der Waals surface area contributed by atoms with Gasteiger partial charge in [0.05, 0.1) is 12.6 Å². The summed E-state index contributed by atoms with van der Waals surface area (Å²) in [7, 11) is 0. The largest absolute Gasteiger partial charge is 0.394 e. The minimum atomic E-state index is -0.0230. The number of aryl methyl sites for hydroxylation is 1. The lowest BCUT2D eigenvalue weighted by Gasteiger charge is -2.17. The molecule has 0 aliphatic rings. The van der Waals surface area contributed by atoms with Crippen molar-refractivity contribution in [1.29, 1.82) is 0 Å². The van der Waals surface area contributed by atoms with E-state index in [0.717, 1.165) is 16.6 Å². The first-order valence-corrected chi connectivity index (χ1v) is 7.14. The van der Waals surface area contributed by atoms with Crippen molar-refractivity contribution in [2.24, 2.45) is 0 Å². The zero-order chi connectivity index (χ0) is 13.7. The van der Waals surface area contributed by atoms with Crippen LogP contribution in [0.15, 0.2) is 53.0 Å². The molecule has 100 valence electrons. The van der Waals surface area contributed by atoms with Crippen molar-refractivity contribution < 1.29 is 5.11 Å². The molecule has 19 heavy (non-hydrogen) atoms. The van der Waals surface area contributed by atoms with E-state index in [-0.39, 0.29) is 12.6 Å². The van der Waals surface area contributed by atoms with E-state index >= 15 is 0 Å². The van der Waals surface area contributed by atoms with E-state index in [2.05, 4.69) is 46.4 Å². The Bertz CT molecular complexity index is 528. The van der Waals surface area contributed by atoms with Gasteiger partial charge in [0.2, 0.25) is 0 Å². The SMILES string of the molecule is Cc1cc(CNC(CO)c2ccccc2)ccc1Br. The van der Waals surface area contributed by atoms with Crippen LogP contribution in [0.25, 0.3) is 0 Å².